The molecular weight excluding hydrogens is 2040 g/mol. The Morgan fingerprint density at radius 2 is 0.375 bits per heavy atom. The maximum Gasteiger partial charge on any atom is 0.407 e. The molecule has 49 nitrogen and oxygen atoms in total. The second-order valence-corrected chi connectivity index (χ2v) is 46.3. The van der Waals surface area contributed by atoms with Crippen LogP contribution in [0.1, 0.15) is 54.2 Å². The zero-order chi connectivity index (χ0) is 105. The molecule has 144 heavy (non-hydrogen) atoms. The smallest absolute Gasteiger partial charge is 0.407 e. The summed E-state index contributed by atoms with van der Waals surface area (Å²) in [4.78, 5) is 10.6. The zero-order valence-electron chi connectivity index (χ0n) is 78.1. The fourth-order valence-electron chi connectivity index (χ4n) is 16.4. The van der Waals surface area contributed by atoms with E-state index in [1.54, 1.807) is 41.5 Å². The number of hydrogen-bond acceptors (Lipinski definition) is 48. The maximum atomic E-state index is 14.2. The Balaban J connectivity index is 0.890. The van der Waals surface area contributed by atoms with Gasteiger partial charge in [-0.05, 0) is 135 Å². The van der Waals surface area contributed by atoms with Crippen LogP contribution in [0.15, 0.2) is 175 Å². The number of hydrogen-bond donors (Lipinski definition) is 15. The van der Waals surface area contributed by atoms with Crippen LogP contribution in [0.2, 0.25) is 0 Å². The van der Waals surface area contributed by atoms with Gasteiger partial charge < -0.3 is 148 Å². The van der Waals surface area contributed by atoms with Gasteiger partial charge in [0.15, 0.2) is 44.0 Å². The molecule has 1 amide bonds. The van der Waals surface area contributed by atoms with Crippen molar-refractivity contribution >= 4 is 66.8 Å². The van der Waals surface area contributed by atoms with Crippen LogP contribution in [0.3, 0.4) is 0 Å². The van der Waals surface area contributed by atoms with E-state index < -0.39 is 363 Å². The second kappa shape index (κ2) is 46.0. The molecule has 21 heterocycles. The molecule has 14 bridgehead atoms. The van der Waals surface area contributed by atoms with Crippen molar-refractivity contribution in [2.45, 2.75) is 312 Å². The summed E-state index contributed by atoms with van der Waals surface area (Å²) in [5, 5.41) is 178. The Morgan fingerprint density at radius 1 is 0.236 bits per heavy atom. The number of aliphatic hydroxyl groups is 14. The number of nitrogens with one attached hydrogen (secondary N) is 1. The summed E-state index contributed by atoms with van der Waals surface area (Å²) in [5.74, 6) is 0. The highest BCUT2D eigenvalue weighted by Gasteiger charge is 2.61. The van der Waals surface area contributed by atoms with E-state index in [0.29, 0.717) is 33.4 Å². The fourth-order valence-corrected chi connectivity index (χ4v) is 21.9. The number of amides is 1. The van der Waals surface area contributed by atoms with Crippen LogP contribution >= 0.6 is 0 Å². The van der Waals surface area contributed by atoms with Crippen molar-refractivity contribution in [3.05, 3.63) is 179 Å². The number of aryl methyl sites for hydroxylation is 6. The molecule has 0 aromatic heterocycles. The number of alkyl carbamates (subject to hydrolysis) is 1. The van der Waals surface area contributed by atoms with Crippen LogP contribution in [0.4, 0.5) is 4.79 Å². The lowest BCUT2D eigenvalue weighted by Crippen LogP contribution is -2.68. The topological polar surface area (TPSA) is 711 Å². The molecule has 21 saturated heterocycles. The molecule has 55 heteroatoms. The Hall–Kier alpha value is -7.07. The molecule has 6 aromatic carbocycles. The third-order valence-corrected chi connectivity index (χ3v) is 32.3. The third-order valence-electron chi connectivity index (χ3n) is 24.6. The molecule has 0 aliphatic carbocycles. The van der Waals surface area contributed by atoms with Gasteiger partial charge in [0, 0.05) is 6.54 Å². The Bertz CT molecular complexity index is 5770. The van der Waals surface area contributed by atoms with Crippen LogP contribution in [-0.4, -0.2) is 395 Å². The lowest BCUT2D eigenvalue weighted by atomic mass is 9.95. The highest BCUT2D eigenvalue weighted by atomic mass is 32.2. The van der Waals surface area contributed by atoms with Gasteiger partial charge in [0.25, 0.3) is 60.7 Å². The van der Waals surface area contributed by atoms with Crippen LogP contribution in [0.5, 0.6) is 0 Å². The Kier molecular flexibility index (Phi) is 36.0. The summed E-state index contributed by atoms with van der Waals surface area (Å²) >= 11 is 0. The summed E-state index contributed by atoms with van der Waals surface area (Å²) in [6.07, 6.45) is -88.7. The van der Waals surface area contributed by atoms with E-state index in [9.17, 15) is 127 Å². The molecule has 21 aliphatic rings. The molecule has 0 radical (unpaired) electrons. The van der Waals surface area contributed by atoms with Crippen molar-refractivity contribution in [3.63, 3.8) is 0 Å². The molecule has 35 atom stereocenters. The fraction of sp³-hybridized carbons (Fsp3) is 0.584. The van der Waals surface area contributed by atoms with Gasteiger partial charge >= 0.3 is 6.09 Å². The maximum absolute atomic E-state index is 14.2. The van der Waals surface area contributed by atoms with E-state index in [2.05, 4.69) is 5.32 Å². The number of carbonyl (C=O) groups excluding carboxylic acids is 1. The number of rotatable bonds is 26. The summed E-state index contributed by atoms with van der Waals surface area (Å²) in [5.41, 5.74) is 2.07. The number of ether oxygens (including phenoxy) is 15. The quantitative estimate of drug-likeness (QED) is 0.0236. The van der Waals surface area contributed by atoms with E-state index in [1.807, 2.05) is 0 Å². The molecule has 27 rings (SSSR count). The molecule has 21 fully saturated rings. The van der Waals surface area contributed by atoms with Gasteiger partial charge in [-0.3, -0.25) is 25.1 Å². The summed E-state index contributed by atoms with van der Waals surface area (Å²) in [7, 11) is -30.1. The monoisotopic (exact) mass is 2160 g/mol. The molecule has 800 valence electrons. The molecule has 0 spiro atoms. The van der Waals surface area contributed by atoms with Gasteiger partial charge in [0.1, 0.15) is 177 Å². The van der Waals surface area contributed by atoms with Gasteiger partial charge in [-0.2, -0.15) is 50.5 Å². The minimum atomic E-state index is -5.02. The van der Waals surface area contributed by atoms with Crippen molar-refractivity contribution in [1.29, 1.82) is 0 Å². The van der Waals surface area contributed by atoms with E-state index in [-0.39, 0.29) is 0 Å². The first kappa shape index (κ1) is 113. The highest BCUT2D eigenvalue weighted by Crippen LogP contribution is 2.42. The minimum Gasteiger partial charge on any atom is -0.444 e. The standard InChI is InChI=1S/C89H115NO48S6/c1-41-10-22-47(23-11-41)139(106,107)118-35-54-75-62(93)69(100)83(126-54)134-77-56(37-120-141(110,111)49-26-14-43(3)15-27-49)128-85(71(102)64(77)95)136-79-58(39-122-143(114,115)51-30-18-45(5)19-31-51)130-87(73(104)66(79)97)137-80-59(40-123-144(116,117)52-32-20-46(6)21-33-52)129-86(72(103)65(80)96)135-78-57(38-121-142(112,113)50-28-16-44(4)17-29-50)127-84(70(101)63(78)94)133-76-55(36-119-140(108,109)48-24-12-42(2)13-25-48)125-82(68(99)61(76)92)131-74-53(34-90-88(105)138-89(7,8)9)124-81(132-75)67(98)60(74)91/h10-33,53-87,91-104H,34-40H2,1-9H3,(H,90,105)/t53-,54-,55-,56-,57-,58-,59-,60-,61-,62-,63-,64-,65-,66-,67-,68-,69+,70-,71+,72-,73-,74-,75-,76-,77-,78-,79-,80-,81-,82-,83-,84-,85-,86-,87-/m1/s1. The third kappa shape index (κ3) is 26.4. The van der Waals surface area contributed by atoms with Crippen LogP contribution < -0.4 is 5.32 Å². The second-order valence-electron chi connectivity index (χ2n) is 36.6. The Morgan fingerprint density at radius 3 is 0.521 bits per heavy atom. The SMILES string of the molecule is Cc1ccc(S(=O)(=O)OC[C@H]2O[C@@H]3O[C@H]4[C@H](O)[C@@H](O)[C@@H](O[C@H]5[C@H](O)[C@@H](O)[C@@H](O[C@H]6[C@H](O)[C@@H](O)[C@@H](O[C@H]7[C@H](O)[C@@H](O)[C@@H](O[C@H]8[C@H](O)[C@@H](O)[C@@H](O[C@H]9[C@H](O)[C@H](O)[C@@H](O[C@H]2[C@H](O)[C@@H]3O)O[C@@H]9COS(=O)(=O)c2ccc(C)cc2)O[C@@H]8CNC(=O)OC(C)(C)C)O[C@@H]7COS(=O)(=O)c2ccc(C)cc2)O[C@@H]6COS(=O)(=O)c2ccc(C)cc2)O[C@@H]5COS(=O)(=O)c2ccc(C)cc2)O[C@@H]4COS(=O)(=O)c2ccc(C)cc2)cc1. The zero-order valence-corrected chi connectivity index (χ0v) is 83.0. The van der Waals surface area contributed by atoms with Crippen molar-refractivity contribution in [2.24, 2.45) is 0 Å². The first-order chi connectivity index (χ1) is 67.6. The Labute approximate surface area is 827 Å². The highest BCUT2D eigenvalue weighted by molar-refractivity contribution is 7.88. The van der Waals surface area contributed by atoms with Gasteiger partial charge in [-0.1, -0.05) is 106 Å². The van der Waals surface area contributed by atoms with Gasteiger partial charge in [0.05, 0.1) is 69.0 Å². The predicted molar refractivity (Wildman–Crippen MR) is 479 cm³/mol. The van der Waals surface area contributed by atoms with E-state index in [1.165, 1.54) is 93.6 Å². The predicted octanol–water partition coefficient (Wildman–Crippen LogP) is -3.37. The first-order valence-electron chi connectivity index (χ1n) is 45.0. The van der Waals surface area contributed by atoms with E-state index in [4.69, 9.17) is 96.2 Å². The number of aliphatic hydroxyl groups excluding tert-OH is 14. The lowest BCUT2D eigenvalue weighted by molar-refractivity contribution is -0.395. The molecule has 15 N–H and O–H groups in total. The molecule has 21 aliphatic heterocycles. The van der Waals surface area contributed by atoms with Crippen molar-refractivity contribution in [1.82, 2.24) is 5.32 Å². The van der Waals surface area contributed by atoms with Crippen molar-refractivity contribution < 1.29 is 223 Å². The first-order valence-corrected chi connectivity index (χ1v) is 53.5. The molecular formula is C89H115NO48S6. The lowest BCUT2D eigenvalue weighted by Gasteiger charge is -2.50. The van der Waals surface area contributed by atoms with Gasteiger partial charge in [-0.25, -0.2) is 4.79 Å². The number of carbonyl (C=O) groups is 1. The summed E-state index contributed by atoms with van der Waals surface area (Å²) < 4.78 is 296. The van der Waals surface area contributed by atoms with Crippen LogP contribution in [0.25, 0.3) is 0 Å². The van der Waals surface area contributed by atoms with Gasteiger partial charge in [-0.15, -0.1) is 0 Å². The van der Waals surface area contributed by atoms with E-state index in [0.717, 1.165) is 72.8 Å². The average Bonchev–Trinajstić information content (AvgIpc) is 0.782. The van der Waals surface area contributed by atoms with Gasteiger partial charge in [0.2, 0.25) is 0 Å². The summed E-state index contributed by atoms with van der Waals surface area (Å²) in [6.45, 7) is 4.87. The largest absolute Gasteiger partial charge is 0.444 e. The normalized spacial score (nSPS) is 35.7. The molecule has 0 saturated carbocycles. The van der Waals surface area contributed by atoms with Crippen molar-refractivity contribution in [2.75, 3.05) is 46.2 Å². The summed E-state index contributed by atoms with van der Waals surface area (Å²) in [6, 6.07) is 29.9. The van der Waals surface area contributed by atoms with Crippen LogP contribution in [0, 0.1) is 41.5 Å². The van der Waals surface area contributed by atoms with Crippen molar-refractivity contribution in [3.8, 4) is 0 Å². The molecule has 0 unspecified atom stereocenters. The average molecular weight is 2160 g/mol. The minimum absolute atomic E-state index is 0.503. The van der Waals surface area contributed by atoms with E-state index >= 15 is 0 Å². The van der Waals surface area contributed by atoms with Crippen LogP contribution in [-0.2, 0) is 157 Å². The number of benzene rings is 6. The molecule has 6 aromatic rings.